The highest BCUT2D eigenvalue weighted by atomic mass is 19.1. The number of aromatic nitrogens is 2. The molecule has 186 valence electrons. The third kappa shape index (κ3) is 5.52. The summed E-state index contributed by atoms with van der Waals surface area (Å²) >= 11 is 0. The Morgan fingerprint density at radius 3 is 2.32 bits per heavy atom. The highest BCUT2D eigenvalue weighted by Gasteiger charge is 2.09. The number of fused-ring (bicyclic) bond motifs is 1. The molecule has 2 N–H and O–H groups in total. The van der Waals surface area contributed by atoms with Crippen molar-refractivity contribution < 1.29 is 9.18 Å². The van der Waals surface area contributed by atoms with Gasteiger partial charge < -0.3 is 15.5 Å². The van der Waals surface area contributed by atoms with Crippen molar-refractivity contribution in [1.29, 1.82) is 0 Å². The maximum absolute atomic E-state index is 14.2. The summed E-state index contributed by atoms with van der Waals surface area (Å²) in [4.78, 5) is 18.7. The number of imidazole rings is 1. The van der Waals surface area contributed by atoms with Gasteiger partial charge in [-0.15, -0.1) is 0 Å². The van der Waals surface area contributed by atoms with Crippen molar-refractivity contribution in [2.24, 2.45) is 0 Å². The zero-order chi connectivity index (χ0) is 25.8. The number of carbonyl (C=O) groups is 1. The second-order valence-electron chi connectivity index (χ2n) is 9.11. The van der Waals surface area contributed by atoms with Crippen molar-refractivity contribution in [3.05, 3.63) is 103 Å². The van der Waals surface area contributed by atoms with Gasteiger partial charge in [-0.25, -0.2) is 14.2 Å². The Balaban J connectivity index is 1.34. The standard InChI is InChI=1S/C30H28FN5O/c1-35(2)18-17-32-30(37)34-24-12-7-21(8-13-24)23-11-16-28-29(19-23)36(20-33-28)25-14-9-22(10-15-25)26-5-3-4-6-27(26)31/h3-16,19-20H,17-18H2,1-2H3,(H2,32,34,37). The minimum atomic E-state index is -0.237. The van der Waals surface area contributed by atoms with E-state index in [4.69, 9.17) is 0 Å². The fourth-order valence-corrected chi connectivity index (χ4v) is 4.20. The molecule has 1 aromatic heterocycles. The number of rotatable bonds is 7. The van der Waals surface area contributed by atoms with Gasteiger partial charge in [0.2, 0.25) is 0 Å². The lowest BCUT2D eigenvalue weighted by atomic mass is 10.0. The maximum Gasteiger partial charge on any atom is 0.319 e. The molecular weight excluding hydrogens is 465 g/mol. The molecule has 2 amide bonds. The van der Waals surface area contributed by atoms with Gasteiger partial charge in [0.1, 0.15) is 12.1 Å². The summed E-state index contributed by atoms with van der Waals surface area (Å²) in [5, 5.41) is 5.71. The smallest absolute Gasteiger partial charge is 0.319 e. The molecule has 0 radical (unpaired) electrons. The van der Waals surface area contributed by atoms with E-state index in [9.17, 15) is 9.18 Å². The van der Waals surface area contributed by atoms with Gasteiger partial charge in [0.15, 0.2) is 0 Å². The van der Waals surface area contributed by atoms with E-state index in [2.05, 4.69) is 21.7 Å². The average molecular weight is 494 g/mol. The number of anilines is 1. The van der Waals surface area contributed by atoms with Gasteiger partial charge in [-0.1, -0.05) is 48.5 Å². The van der Waals surface area contributed by atoms with Crippen LogP contribution in [0.5, 0.6) is 0 Å². The van der Waals surface area contributed by atoms with Crippen molar-refractivity contribution in [2.45, 2.75) is 0 Å². The number of hydrogen-bond acceptors (Lipinski definition) is 3. The minimum Gasteiger partial charge on any atom is -0.337 e. The number of carbonyl (C=O) groups excluding carboxylic acids is 1. The lowest BCUT2D eigenvalue weighted by molar-refractivity contribution is 0.250. The summed E-state index contributed by atoms with van der Waals surface area (Å²) in [5.41, 5.74) is 7.00. The first-order valence-electron chi connectivity index (χ1n) is 12.1. The van der Waals surface area contributed by atoms with Gasteiger partial charge in [0, 0.05) is 30.0 Å². The molecule has 7 heteroatoms. The molecule has 4 aromatic carbocycles. The number of benzene rings is 4. The van der Waals surface area contributed by atoms with Crippen LogP contribution >= 0.6 is 0 Å². The van der Waals surface area contributed by atoms with E-state index in [1.165, 1.54) is 6.07 Å². The van der Waals surface area contributed by atoms with Gasteiger partial charge in [-0.2, -0.15) is 0 Å². The molecule has 0 saturated carbocycles. The summed E-state index contributed by atoms with van der Waals surface area (Å²) in [6.45, 7) is 1.36. The molecule has 0 aliphatic rings. The Kier molecular flexibility index (Phi) is 6.96. The first-order valence-corrected chi connectivity index (χ1v) is 12.1. The van der Waals surface area contributed by atoms with Crippen LogP contribution in [0.25, 0.3) is 39.0 Å². The number of urea groups is 1. The predicted molar refractivity (Wildman–Crippen MR) is 147 cm³/mol. The second-order valence-corrected chi connectivity index (χ2v) is 9.11. The molecule has 0 fully saturated rings. The first-order chi connectivity index (χ1) is 18.0. The molecule has 0 aliphatic heterocycles. The Morgan fingerprint density at radius 2 is 1.59 bits per heavy atom. The summed E-state index contributed by atoms with van der Waals surface area (Å²) in [5.74, 6) is -0.237. The molecule has 37 heavy (non-hydrogen) atoms. The van der Waals surface area contributed by atoms with Gasteiger partial charge in [0.05, 0.1) is 11.0 Å². The highest BCUT2D eigenvalue weighted by molar-refractivity contribution is 5.90. The molecule has 0 spiro atoms. The van der Waals surface area contributed by atoms with Gasteiger partial charge in [0.25, 0.3) is 0 Å². The molecule has 0 aliphatic carbocycles. The Bertz CT molecular complexity index is 1520. The summed E-state index contributed by atoms with van der Waals surface area (Å²) in [6.07, 6.45) is 1.80. The average Bonchev–Trinajstić information content (AvgIpc) is 3.33. The van der Waals surface area contributed by atoms with E-state index >= 15 is 0 Å². The molecule has 0 saturated heterocycles. The number of hydrogen-bond donors (Lipinski definition) is 2. The van der Waals surface area contributed by atoms with Crippen molar-refractivity contribution >= 4 is 22.8 Å². The number of likely N-dealkylation sites (N-methyl/N-ethyl adjacent to an activating group) is 1. The van der Waals surface area contributed by atoms with E-state index < -0.39 is 0 Å². The number of nitrogens with one attached hydrogen (secondary N) is 2. The topological polar surface area (TPSA) is 62.2 Å². The van der Waals surface area contributed by atoms with E-state index in [0.29, 0.717) is 12.1 Å². The van der Waals surface area contributed by atoms with Gasteiger partial charge in [-0.05, 0) is 73.3 Å². The van der Waals surface area contributed by atoms with Crippen LogP contribution in [0.15, 0.2) is 97.3 Å². The van der Waals surface area contributed by atoms with Gasteiger partial charge >= 0.3 is 6.03 Å². The van der Waals surface area contributed by atoms with Crippen LogP contribution in [0.1, 0.15) is 0 Å². The Hall–Kier alpha value is -4.49. The fraction of sp³-hybridized carbons (Fsp3) is 0.133. The van der Waals surface area contributed by atoms with E-state index in [1.807, 2.05) is 90.3 Å². The van der Waals surface area contributed by atoms with E-state index in [1.54, 1.807) is 18.5 Å². The Labute approximate surface area is 215 Å². The van der Waals surface area contributed by atoms with E-state index in [0.717, 1.165) is 45.6 Å². The van der Waals surface area contributed by atoms with Crippen molar-refractivity contribution in [1.82, 2.24) is 19.8 Å². The third-order valence-electron chi connectivity index (χ3n) is 6.20. The molecule has 0 unspecified atom stereocenters. The third-order valence-corrected chi connectivity index (χ3v) is 6.20. The zero-order valence-corrected chi connectivity index (χ0v) is 20.8. The highest BCUT2D eigenvalue weighted by Crippen LogP contribution is 2.28. The zero-order valence-electron chi connectivity index (χ0n) is 20.8. The lowest BCUT2D eigenvalue weighted by Gasteiger charge is -2.12. The van der Waals surface area contributed by atoms with Crippen LogP contribution in [0.4, 0.5) is 14.9 Å². The van der Waals surface area contributed by atoms with Gasteiger partial charge in [-0.3, -0.25) is 4.57 Å². The van der Waals surface area contributed by atoms with Crippen LogP contribution in [0.3, 0.4) is 0 Å². The van der Waals surface area contributed by atoms with Crippen molar-refractivity contribution in [2.75, 3.05) is 32.5 Å². The second kappa shape index (κ2) is 10.6. The van der Waals surface area contributed by atoms with Crippen LogP contribution in [0.2, 0.25) is 0 Å². The molecule has 5 aromatic rings. The number of amides is 2. The van der Waals surface area contributed by atoms with Crippen LogP contribution < -0.4 is 10.6 Å². The minimum absolute atomic E-state index is 0.221. The van der Waals surface area contributed by atoms with Crippen LogP contribution in [-0.2, 0) is 0 Å². The first kappa shape index (κ1) is 24.2. The summed E-state index contributed by atoms with van der Waals surface area (Å²) in [6, 6.07) is 28.2. The monoisotopic (exact) mass is 493 g/mol. The molecule has 6 nitrogen and oxygen atoms in total. The maximum atomic E-state index is 14.2. The summed E-state index contributed by atoms with van der Waals surface area (Å²) in [7, 11) is 3.93. The molecular formula is C30H28FN5O. The quantitative estimate of drug-likeness (QED) is 0.285. The van der Waals surface area contributed by atoms with Crippen molar-refractivity contribution in [3.8, 4) is 27.9 Å². The SMILES string of the molecule is CN(C)CCNC(=O)Nc1ccc(-c2ccc3ncn(-c4ccc(-c5ccccc5F)cc4)c3c2)cc1. The summed E-state index contributed by atoms with van der Waals surface area (Å²) < 4.78 is 16.2. The van der Waals surface area contributed by atoms with Crippen molar-refractivity contribution in [3.63, 3.8) is 0 Å². The lowest BCUT2D eigenvalue weighted by Crippen LogP contribution is -2.34. The molecule has 5 rings (SSSR count). The number of halogens is 1. The van der Waals surface area contributed by atoms with Crippen LogP contribution in [-0.4, -0.2) is 47.7 Å². The molecule has 1 heterocycles. The Morgan fingerprint density at radius 1 is 0.892 bits per heavy atom. The molecule has 0 bridgehead atoms. The van der Waals surface area contributed by atoms with Crippen LogP contribution in [0, 0.1) is 5.82 Å². The van der Waals surface area contributed by atoms with E-state index in [-0.39, 0.29) is 11.8 Å². The normalized spacial score (nSPS) is 11.1. The largest absolute Gasteiger partial charge is 0.337 e. The fourth-order valence-electron chi connectivity index (χ4n) is 4.20. The molecule has 0 atom stereocenters. The number of nitrogens with zero attached hydrogens (tertiary/aromatic N) is 3. The predicted octanol–water partition coefficient (Wildman–Crippen LogP) is 6.18.